The number of thiocarbonyl (C=S) groups is 1. The zero-order chi connectivity index (χ0) is 14.8. The summed E-state index contributed by atoms with van der Waals surface area (Å²) in [6.45, 7) is 0. The molecule has 0 aliphatic carbocycles. The molecule has 1 aliphatic rings. The summed E-state index contributed by atoms with van der Waals surface area (Å²) < 4.78 is 0. The third-order valence-corrected chi connectivity index (χ3v) is 4.25. The summed E-state index contributed by atoms with van der Waals surface area (Å²) in [6, 6.07) is 11.8. The van der Waals surface area contributed by atoms with Crippen molar-refractivity contribution in [2.24, 2.45) is 0 Å². The summed E-state index contributed by atoms with van der Waals surface area (Å²) in [5, 5.41) is 5.71. The van der Waals surface area contributed by atoms with Crippen molar-refractivity contribution in [1.29, 1.82) is 0 Å². The van der Waals surface area contributed by atoms with Crippen molar-refractivity contribution >= 4 is 40.7 Å². The van der Waals surface area contributed by atoms with E-state index in [1.54, 1.807) is 17.4 Å². The molecule has 0 unspecified atom stereocenters. The first-order chi connectivity index (χ1) is 10.2. The van der Waals surface area contributed by atoms with Crippen LogP contribution < -0.4 is 10.6 Å². The lowest BCUT2D eigenvalue weighted by Crippen LogP contribution is -2.21. The van der Waals surface area contributed by atoms with Crippen LogP contribution in [0.25, 0.3) is 16.5 Å². The predicted octanol–water partition coefficient (Wildman–Crippen LogP) is 2.74. The van der Waals surface area contributed by atoms with E-state index in [1.165, 1.54) is 0 Å². The second-order valence-electron chi connectivity index (χ2n) is 4.39. The first-order valence-electron chi connectivity index (χ1n) is 6.16. The van der Waals surface area contributed by atoms with Crippen LogP contribution in [0.1, 0.15) is 10.4 Å². The molecule has 1 aliphatic heterocycles. The second kappa shape index (κ2) is 5.52. The maximum atomic E-state index is 11.6. The summed E-state index contributed by atoms with van der Waals surface area (Å²) in [6.07, 6.45) is 7.14. The molecular weight excluding hydrogens is 300 g/mol. The van der Waals surface area contributed by atoms with E-state index in [0.29, 0.717) is 10.8 Å². The minimum atomic E-state index is -0.201. The van der Waals surface area contributed by atoms with Crippen molar-refractivity contribution in [2.75, 3.05) is 0 Å². The molecule has 1 aromatic heterocycles. The Kier molecular flexibility index (Phi) is 3.57. The van der Waals surface area contributed by atoms with Gasteiger partial charge in [0.25, 0.3) is 5.91 Å². The molecule has 5 heteroatoms. The monoisotopic (exact) mass is 310 g/mol. The molecule has 21 heavy (non-hydrogen) atoms. The minimum absolute atomic E-state index is 0.201. The topological polar surface area (TPSA) is 41.1 Å². The smallest absolute Gasteiger partial charge is 0.273 e. The molecule has 0 atom stereocenters. The summed E-state index contributed by atoms with van der Waals surface area (Å²) in [5.74, 6) is 2.40. The van der Waals surface area contributed by atoms with Crippen LogP contribution in [0.15, 0.2) is 42.1 Å². The van der Waals surface area contributed by atoms with Crippen LogP contribution in [0.4, 0.5) is 0 Å². The maximum absolute atomic E-state index is 11.6. The Balaban J connectivity index is 1.86. The van der Waals surface area contributed by atoms with E-state index in [0.717, 1.165) is 20.9 Å². The number of carbonyl (C=O) groups excluding carboxylic acids is 1. The lowest BCUT2D eigenvalue weighted by molar-refractivity contribution is -0.115. The highest BCUT2D eigenvalue weighted by molar-refractivity contribution is 7.80. The zero-order valence-corrected chi connectivity index (χ0v) is 12.5. The van der Waals surface area contributed by atoms with Crippen LogP contribution in [0.5, 0.6) is 0 Å². The van der Waals surface area contributed by atoms with E-state index >= 15 is 0 Å². The SMILES string of the molecule is C#Cc1ccc(-c2ccc(C=C3NC(=S)NC3=O)s2)cc1. The molecule has 0 radical (unpaired) electrons. The van der Waals surface area contributed by atoms with Crippen LogP contribution >= 0.6 is 23.6 Å². The van der Waals surface area contributed by atoms with Gasteiger partial charge in [0.15, 0.2) is 5.11 Å². The van der Waals surface area contributed by atoms with Crippen molar-refractivity contribution in [3.05, 3.63) is 52.5 Å². The van der Waals surface area contributed by atoms with Crippen LogP contribution in [0.3, 0.4) is 0 Å². The molecule has 0 bridgehead atoms. The van der Waals surface area contributed by atoms with Gasteiger partial charge in [-0.1, -0.05) is 18.1 Å². The van der Waals surface area contributed by atoms with Gasteiger partial charge in [-0.25, -0.2) is 0 Å². The quantitative estimate of drug-likeness (QED) is 0.509. The summed E-state index contributed by atoms with van der Waals surface area (Å²) in [4.78, 5) is 13.7. The van der Waals surface area contributed by atoms with E-state index in [1.807, 2.05) is 36.4 Å². The molecular formula is C16H10N2OS2. The lowest BCUT2D eigenvalue weighted by Gasteiger charge is -1.97. The number of carbonyl (C=O) groups is 1. The minimum Gasteiger partial charge on any atom is -0.328 e. The van der Waals surface area contributed by atoms with Gasteiger partial charge in [0.2, 0.25) is 0 Å². The molecule has 102 valence electrons. The van der Waals surface area contributed by atoms with Gasteiger partial charge >= 0.3 is 0 Å². The molecule has 1 aromatic carbocycles. The molecule has 1 saturated heterocycles. The molecule has 0 saturated carbocycles. The standard InChI is InChI=1S/C16H10N2OS2/c1-2-10-3-5-11(6-4-10)14-8-7-12(21-14)9-13-15(19)18-16(20)17-13/h1,3-9H,(H2,17,18,19,20). The Bertz CT molecular complexity index is 794. The van der Waals surface area contributed by atoms with E-state index in [4.69, 9.17) is 18.6 Å². The van der Waals surface area contributed by atoms with Crippen molar-refractivity contribution in [1.82, 2.24) is 10.6 Å². The third kappa shape index (κ3) is 2.87. The molecule has 2 heterocycles. The first-order valence-corrected chi connectivity index (χ1v) is 7.39. The Morgan fingerprint density at radius 1 is 1.14 bits per heavy atom. The number of amides is 1. The van der Waals surface area contributed by atoms with Crippen LogP contribution in [0.2, 0.25) is 0 Å². The van der Waals surface area contributed by atoms with Gasteiger partial charge < -0.3 is 5.32 Å². The lowest BCUT2D eigenvalue weighted by atomic mass is 10.1. The van der Waals surface area contributed by atoms with Gasteiger partial charge in [-0.2, -0.15) is 0 Å². The predicted molar refractivity (Wildman–Crippen MR) is 89.5 cm³/mol. The van der Waals surface area contributed by atoms with Gasteiger partial charge in [0.1, 0.15) is 5.70 Å². The highest BCUT2D eigenvalue weighted by atomic mass is 32.1. The van der Waals surface area contributed by atoms with Crippen molar-refractivity contribution in [3.63, 3.8) is 0 Å². The van der Waals surface area contributed by atoms with Gasteiger partial charge in [-0.05, 0) is 48.1 Å². The average Bonchev–Trinajstić information content (AvgIpc) is 3.07. The van der Waals surface area contributed by atoms with Gasteiger partial charge in [0.05, 0.1) is 0 Å². The molecule has 1 fully saturated rings. The molecule has 0 spiro atoms. The molecule has 2 N–H and O–H groups in total. The van der Waals surface area contributed by atoms with Crippen molar-refractivity contribution in [3.8, 4) is 22.8 Å². The number of rotatable bonds is 2. The van der Waals surface area contributed by atoms with Crippen molar-refractivity contribution in [2.45, 2.75) is 0 Å². The van der Waals surface area contributed by atoms with Gasteiger partial charge in [-0.3, -0.25) is 10.1 Å². The number of hydrogen-bond donors (Lipinski definition) is 2. The van der Waals surface area contributed by atoms with E-state index in [2.05, 4.69) is 16.6 Å². The average molecular weight is 310 g/mol. The van der Waals surface area contributed by atoms with Crippen molar-refractivity contribution < 1.29 is 4.79 Å². The third-order valence-electron chi connectivity index (χ3n) is 2.97. The van der Waals surface area contributed by atoms with E-state index in [9.17, 15) is 4.79 Å². The van der Waals surface area contributed by atoms with Crippen LogP contribution in [0, 0.1) is 12.3 Å². The highest BCUT2D eigenvalue weighted by Crippen LogP contribution is 2.29. The van der Waals surface area contributed by atoms with Crippen LogP contribution in [-0.2, 0) is 4.79 Å². The number of nitrogens with one attached hydrogen (secondary N) is 2. The fourth-order valence-electron chi connectivity index (χ4n) is 1.94. The van der Waals surface area contributed by atoms with Gasteiger partial charge in [0, 0.05) is 15.3 Å². The molecule has 2 aromatic rings. The van der Waals surface area contributed by atoms with Gasteiger partial charge in [-0.15, -0.1) is 17.8 Å². The maximum Gasteiger partial charge on any atom is 0.273 e. The summed E-state index contributed by atoms with van der Waals surface area (Å²) in [7, 11) is 0. The molecule has 3 rings (SSSR count). The number of thiophene rings is 1. The first kappa shape index (κ1) is 13.6. The van der Waals surface area contributed by atoms with E-state index in [-0.39, 0.29) is 5.91 Å². The number of hydrogen-bond acceptors (Lipinski definition) is 3. The fraction of sp³-hybridized carbons (Fsp3) is 0. The largest absolute Gasteiger partial charge is 0.328 e. The zero-order valence-electron chi connectivity index (χ0n) is 10.8. The second-order valence-corrected chi connectivity index (χ2v) is 5.91. The van der Waals surface area contributed by atoms with E-state index < -0.39 is 0 Å². The van der Waals surface area contributed by atoms with Crippen LogP contribution in [-0.4, -0.2) is 11.0 Å². The Morgan fingerprint density at radius 3 is 2.52 bits per heavy atom. The Hall–Kier alpha value is -2.42. The highest BCUT2D eigenvalue weighted by Gasteiger charge is 2.20. The molecule has 1 amide bonds. The fourth-order valence-corrected chi connectivity index (χ4v) is 3.10. The number of benzene rings is 1. The normalized spacial score (nSPS) is 15.7. The summed E-state index contributed by atoms with van der Waals surface area (Å²) in [5.41, 5.74) is 2.43. The Labute approximate surface area is 131 Å². The Morgan fingerprint density at radius 2 is 1.90 bits per heavy atom. The molecule has 3 nitrogen and oxygen atoms in total. The number of terminal acetylenes is 1. The summed E-state index contributed by atoms with van der Waals surface area (Å²) >= 11 is 6.50.